The van der Waals surface area contributed by atoms with Crippen LogP contribution < -0.4 is 0 Å². The van der Waals surface area contributed by atoms with E-state index in [9.17, 15) is 4.79 Å². The zero-order valence-electron chi connectivity index (χ0n) is 10.8. The van der Waals surface area contributed by atoms with E-state index in [4.69, 9.17) is 0 Å². The molecule has 0 aliphatic heterocycles. The van der Waals surface area contributed by atoms with E-state index in [0.717, 1.165) is 23.0 Å². The van der Waals surface area contributed by atoms with Crippen LogP contribution in [0.25, 0.3) is 11.0 Å². The number of H-pyrrole nitrogens is 1. The van der Waals surface area contributed by atoms with Crippen LogP contribution in [0.2, 0.25) is 0 Å². The Balaban J connectivity index is 2.64. The number of fused-ring (bicyclic) bond motifs is 1. The van der Waals surface area contributed by atoms with Gasteiger partial charge >= 0.3 is 0 Å². The minimum atomic E-state index is 0.0715. The van der Waals surface area contributed by atoms with Crippen molar-refractivity contribution in [1.82, 2.24) is 9.97 Å². The van der Waals surface area contributed by atoms with Gasteiger partial charge < -0.3 is 4.98 Å². The lowest BCUT2D eigenvalue weighted by Crippen LogP contribution is -2.11. The van der Waals surface area contributed by atoms with Crippen LogP contribution in [0.5, 0.6) is 0 Å². The molecule has 0 atom stereocenters. The molecule has 0 aliphatic rings. The van der Waals surface area contributed by atoms with Gasteiger partial charge in [-0.05, 0) is 29.5 Å². The Morgan fingerprint density at radius 3 is 2.71 bits per heavy atom. The highest BCUT2D eigenvalue weighted by molar-refractivity contribution is 6.00. The standard InChI is InChI=1S/C14H18N2O/c1-9(17)12-11(8-14(2,3)4)10-6-5-7-15-13(10)16-12/h5-7H,8H2,1-4H3,(H,15,16). The topological polar surface area (TPSA) is 45.8 Å². The lowest BCUT2D eigenvalue weighted by molar-refractivity contribution is 0.101. The van der Waals surface area contributed by atoms with E-state index in [1.807, 2.05) is 12.1 Å². The predicted molar refractivity (Wildman–Crippen MR) is 69.3 cm³/mol. The third-order valence-electron chi connectivity index (χ3n) is 2.74. The number of Topliss-reactive ketones (excluding diaryl/α,β-unsaturated/α-hetero) is 1. The Morgan fingerprint density at radius 2 is 2.12 bits per heavy atom. The van der Waals surface area contributed by atoms with E-state index in [1.54, 1.807) is 13.1 Å². The second kappa shape index (κ2) is 3.99. The Labute approximate surface area is 101 Å². The normalized spacial score (nSPS) is 12.0. The molecule has 0 aliphatic carbocycles. The summed E-state index contributed by atoms with van der Waals surface area (Å²) in [6.07, 6.45) is 2.61. The molecule has 0 saturated carbocycles. The summed E-state index contributed by atoms with van der Waals surface area (Å²) in [7, 11) is 0. The zero-order valence-corrected chi connectivity index (χ0v) is 10.8. The number of hydrogen-bond donors (Lipinski definition) is 1. The SMILES string of the molecule is CC(=O)c1[nH]c2ncccc2c1CC(C)(C)C. The second-order valence-electron chi connectivity index (χ2n) is 5.67. The van der Waals surface area contributed by atoms with Crippen LogP contribution in [0.4, 0.5) is 0 Å². The molecule has 0 aromatic carbocycles. The van der Waals surface area contributed by atoms with E-state index < -0.39 is 0 Å². The molecule has 0 saturated heterocycles. The number of carbonyl (C=O) groups excluding carboxylic acids is 1. The van der Waals surface area contributed by atoms with Crippen molar-refractivity contribution in [2.45, 2.75) is 34.1 Å². The van der Waals surface area contributed by atoms with Gasteiger partial charge in [-0.1, -0.05) is 20.8 Å². The third kappa shape index (κ3) is 2.38. The number of ketones is 1. The number of aromatic nitrogens is 2. The first-order valence-corrected chi connectivity index (χ1v) is 5.85. The molecule has 0 bridgehead atoms. The molecule has 1 N–H and O–H groups in total. The Morgan fingerprint density at radius 1 is 1.41 bits per heavy atom. The molecule has 2 aromatic heterocycles. The molecule has 3 nitrogen and oxygen atoms in total. The Kier molecular flexibility index (Phi) is 2.77. The maximum absolute atomic E-state index is 11.7. The maximum atomic E-state index is 11.7. The van der Waals surface area contributed by atoms with Gasteiger partial charge in [0, 0.05) is 18.5 Å². The lowest BCUT2D eigenvalue weighted by Gasteiger charge is -2.18. The summed E-state index contributed by atoms with van der Waals surface area (Å²) in [6, 6.07) is 3.93. The van der Waals surface area contributed by atoms with Crippen LogP contribution in [0.1, 0.15) is 43.7 Å². The van der Waals surface area contributed by atoms with E-state index in [0.29, 0.717) is 5.69 Å². The summed E-state index contributed by atoms with van der Waals surface area (Å²) >= 11 is 0. The second-order valence-corrected chi connectivity index (χ2v) is 5.67. The summed E-state index contributed by atoms with van der Waals surface area (Å²) in [5.41, 5.74) is 2.74. The fourth-order valence-corrected chi connectivity index (χ4v) is 2.09. The zero-order chi connectivity index (χ0) is 12.6. The first-order valence-electron chi connectivity index (χ1n) is 5.85. The van der Waals surface area contributed by atoms with E-state index in [-0.39, 0.29) is 11.2 Å². The van der Waals surface area contributed by atoms with Crippen LogP contribution in [-0.2, 0) is 6.42 Å². The third-order valence-corrected chi connectivity index (χ3v) is 2.74. The number of nitrogens with zero attached hydrogens (tertiary/aromatic N) is 1. The summed E-state index contributed by atoms with van der Waals surface area (Å²) in [5.74, 6) is 0.0715. The van der Waals surface area contributed by atoms with Crippen molar-refractivity contribution < 1.29 is 4.79 Å². The minimum absolute atomic E-state index is 0.0715. The quantitative estimate of drug-likeness (QED) is 0.804. The fourth-order valence-electron chi connectivity index (χ4n) is 2.09. The highest BCUT2D eigenvalue weighted by Gasteiger charge is 2.20. The van der Waals surface area contributed by atoms with Gasteiger partial charge in [0.15, 0.2) is 5.78 Å². The highest BCUT2D eigenvalue weighted by atomic mass is 16.1. The first kappa shape index (κ1) is 11.8. The van der Waals surface area contributed by atoms with Gasteiger partial charge in [-0.15, -0.1) is 0 Å². The van der Waals surface area contributed by atoms with Gasteiger partial charge in [0.1, 0.15) is 5.65 Å². The van der Waals surface area contributed by atoms with E-state index in [1.165, 1.54) is 0 Å². The van der Waals surface area contributed by atoms with Crippen molar-refractivity contribution in [2.24, 2.45) is 5.41 Å². The molecule has 0 unspecified atom stereocenters. The van der Waals surface area contributed by atoms with Crippen molar-refractivity contribution in [3.8, 4) is 0 Å². The largest absolute Gasteiger partial charge is 0.337 e. The van der Waals surface area contributed by atoms with Gasteiger partial charge in [-0.25, -0.2) is 4.98 Å². The van der Waals surface area contributed by atoms with E-state index in [2.05, 4.69) is 30.7 Å². The molecule has 3 heteroatoms. The summed E-state index contributed by atoms with van der Waals surface area (Å²) < 4.78 is 0. The summed E-state index contributed by atoms with van der Waals surface area (Å²) in [6.45, 7) is 8.11. The maximum Gasteiger partial charge on any atom is 0.176 e. The van der Waals surface area contributed by atoms with Crippen molar-refractivity contribution in [2.75, 3.05) is 0 Å². The average Bonchev–Trinajstić information content (AvgIpc) is 2.55. The van der Waals surface area contributed by atoms with Gasteiger partial charge in [-0.2, -0.15) is 0 Å². The molecule has 2 aromatic rings. The summed E-state index contributed by atoms with van der Waals surface area (Å²) in [5, 5.41) is 1.06. The number of carbonyl (C=O) groups is 1. The number of aromatic amines is 1. The molecule has 90 valence electrons. The first-order chi connectivity index (χ1) is 7.88. The molecule has 2 rings (SSSR count). The Bertz CT molecular complexity index is 561. The summed E-state index contributed by atoms with van der Waals surface area (Å²) in [4.78, 5) is 19.1. The molecule has 0 amide bonds. The minimum Gasteiger partial charge on any atom is -0.337 e. The molecule has 0 fully saturated rings. The van der Waals surface area contributed by atoms with E-state index >= 15 is 0 Å². The van der Waals surface area contributed by atoms with Crippen molar-refractivity contribution in [1.29, 1.82) is 0 Å². The van der Waals surface area contributed by atoms with Crippen LogP contribution >= 0.6 is 0 Å². The van der Waals surface area contributed by atoms with Gasteiger partial charge in [0.25, 0.3) is 0 Å². The molecular weight excluding hydrogens is 212 g/mol. The average molecular weight is 230 g/mol. The van der Waals surface area contributed by atoms with Gasteiger partial charge in [0.2, 0.25) is 0 Å². The number of hydrogen-bond acceptors (Lipinski definition) is 2. The van der Waals surface area contributed by atoms with Crippen LogP contribution in [0.15, 0.2) is 18.3 Å². The van der Waals surface area contributed by atoms with Crippen LogP contribution in [0.3, 0.4) is 0 Å². The smallest absolute Gasteiger partial charge is 0.176 e. The highest BCUT2D eigenvalue weighted by Crippen LogP contribution is 2.28. The fraction of sp³-hybridized carbons (Fsp3) is 0.429. The van der Waals surface area contributed by atoms with Gasteiger partial charge in [-0.3, -0.25) is 4.79 Å². The monoisotopic (exact) mass is 230 g/mol. The molecule has 0 radical (unpaired) electrons. The Hall–Kier alpha value is -1.64. The van der Waals surface area contributed by atoms with Crippen molar-refractivity contribution >= 4 is 16.8 Å². The molecule has 17 heavy (non-hydrogen) atoms. The molecule has 0 spiro atoms. The predicted octanol–water partition coefficient (Wildman–Crippen LogP) is 3.35. The molecule has 2 heterocycles. The number of nitrogens with one attached hydrogen (secondary N) is 1. The van der Waals surface area contributed by atoms with Crippen LogP contribution in [0, 0.1) is 5.41 Å². The van der Waals surface area contributed by atoms with Crippen LogP contribution in [-0.4, -0.2) is 15.8 Å². The van der Waals surface area contributed by atoms with Gasteiger partial charge in [0.05, 0.1) is 5.69 Å². The lowest BCUT2D eigenvalue weighted by atomic mass is 9.86. The van der Waals surface area contributed by atoms with Crippen molar-refractivity contribution in [3.63, 3.8) is 0 Å². The van der Waals surface area contributed by atoms with Crippen molar-refractivity contribution in [3.05, 3.63) is 29.6 Å². The number of pyridine rings is 1. The number of rotatable bonds is 2. The molecular formula is C14H18N2O.